The van der Waals surface area contributed by atoms with Gasteiger partial charge in [-0.3, -0.25) is 4.79 Å². The van der Waals surface area contributed by atoms with Gasteiger partial charge in [-0.05, 0) is 44.9 Å². The molecule has 0 aliphatic heterocycles. The fraction of sp³-hybridized carbons (Fsp3) is 0.286. The Morgan fingerprint density at radius 2 is 1.90 bits per heavy atom. The van der Waals surface area contributed by atoms with Crippen molar-refractivity contribution in [1.29, 1.82) is 0 Å². The standard InChI is InChI=1S/C21H23N5O5/c1-11-7-12(5-6-13(11)20(30)31-21(2,3)4)10-23-18(27)14-8-15(19(28)29)26-17(24-14)9-16(22)25-26/h5-9H,10H2,1-4H3,(H2,22,25)(H,23,27)(H,28,29). The molecule has 0 aliphatic carbocycles. The summed E-state index contributed by atoms with van der Waals surface area (Å²) in [6, 6.07) is 7.64. The number of aromatic nitrogens is 3. The number of fused-ring (bicyclic) bond motifs is 1. The molecule has 3 rings (SSSR count). The summed E-state index contributed by atoms with van der Waals surface area (Å²) in [4.78, 5) is 40.4. The van der Waals surface area contributed by atoms with Crippen molar-refractivity contribution in [2.75, 3.05) is 5.73 Å². The van der Waals surface area contributed by atoms with Crippen LogP contribution in [0.2, 0.25) is 0 Å². The highest BCUT2D eigenvalue weighted by Crippen LogP contribution is 2.17. The summed E-state index contributed by atoms with van der Waals surface area (Å²) in [7, 11) is 0. The van der Waals surface area contributed by atoms with Gasteiger partial charge in [0.25, 0.3) is 5.91 Å². The van der Waals surface area contributed by atoms with Crippen LogP contribution in [-0.2, 0) is 11.3 Å². The van der Waals surface area contributed by atoms with Crippen LogP contribution in [0, 0.1) is 6.92 Å². The third-order valence-electron chi connectivity index (χ3n) is 4.26. The van der Waals surface area contributed by atoms with Gasteiger partial charge in [0, 0.05) is 18.7 Å². The first kappa shape index (κ1) is 21.8. The van der Waals surface area contributed by atoms with Crippen LogP contribution in [0.25, 0.3) is 5.65 Å². The van der Waals surface area contributed by atoms with E-state index in [0.717, 1.165) is 16.1 Å². The molecule has 0 unspecified atom stereocenters. The van der Waals surface area contributed by atoms with Crippen LogP contribution in [0.5, 0.6) is 0 Å². The zero-order chi connectivity index (χ0) is 22.9. The lowest BCUT2D eigenvalue weighted by Crippen LogP contribution is -2.25. The maximum absolute atomic E-state index is 12.6. The molecule has 0 aliphatic rings. The van der Waals surface area contributed by atoms with E-state index in [1.165, 1.54) is 6.07 Å². The lowest BCUT2D eigenvalue weighted by atomic mass is 10.0. The first-order valence-corrected chi connectivity index (χ1v) is 9.45. The van der Waals surface area contributed by atoms with Crippen molar-refractivity contribution in [3.05, 3.63) is 58.4 Å². The van der Waals surface area contributed by atoms with Crippen LogP contribution in [0.3, 0.4) is 0 Å². The number of ether oxygens (including phenoxy) is 1. The highest BCUT2D eigenvalue weighted by Gasteiger charge is 2.20. The van der Waals surface area contributed by atoms with Gasteiger partial charge in [-0.25, -0.2) is 19.1 Å². The number of anilines is 1. The molecule has 2 aromatic heterocycles. The van der Waals surface area contributed by atoms with Crippen LogP contribution >= 0.6 is 0 Å². The Hall–Kier alpha value is -3.95. The number of nitrogens with zero attached hydrogens (tertiary/aromatic N) is 3. The SMILES string of the molecule is Cc1cc(CNC(=O)c2cc(C(=O)O)n3nc(N)cc3n2)ccc1C(=O)OC(C)(C)C. The summed E-state index contributed by atoms with van der Waals surface area (Å²) in [6.45, 7) is 7.32. The Labute approximate surface area is 178 Å². The van der Waals surface area contributed by atoms with E-state index >= 15 is 0 Å². The lowest BCUT2D eigenvalue weighted by molar-refractivity contribution is 0.00684. The fourth-order valence-electron chi connectivity index (χ4n) is 2.93. The van der Waals surface area contributed by atoms with Crippen molar-refractivity contribution in [2.45, 2.75) is 39.8 Å². The van der Waals surface area contributed by atoms with Crippen molar-refractivity contribution >= 4 is 29.3 Å². The van der Waals surface area contributed by atoms with E-state index in [2.05, 4.69) is 15.4 Å². The van der Waals surface area contributed by atoms with E-state index in [9.17, 15) is 19.5 Å². The van der Waals surface area contributed by atoms with Gasteiger partial charge in [-0.2, -0.15) is 0 Å². The number of nitrogen functional groups attached to an aromatic ring is 1. The van der Waals surface area contributed by atoms with Crippen LogP contribution in [0.15, 0.2) is 30.3 Å². The van der Waals surface area contributed by atoms with E-state index in [4.69, 9.17) is 10.5 Å². The second-order valence-corrected chi connectivity index (χ2v) is 8.00. The molecular weight excluding hydrogens is 402 g/mol. The molecule has 31 heavy (non-hydrogen) atoms. The van der Waals surface area contributed by atoms with E-state index in [-0.39, 0.29) is 29.4 Å². The van der Waals surface area contributed by atoms with Crippen molar-refractivity contribution in [3.8, 4) is 0 Å². The summed E-state index contributed by atoms with van der Waals surface area (Å²) in [6.07, 6.45) is 0. The largest absolute Gasteiger partial charge is 0.477 e. The first-order valence-electron chi connectivity index (χ1n) is 9.45. The minimum atomic E-state index is -1.27. The third-order valence-corrected chi connectivity index (χ3v) is 4.26. The number of hydrogen-bond donors (Lipinski definition) is 3. The second-order valence-electron chi connectivity index (χ2n) is 8.00. The summed E-state index contributed by atoms with van der Waals surface area (Å²) >= 11 is 0. The smallest absolute Gasteiger partial charge is 0.354 e. The number of benzene rings is 1. The fourth-order valence-corrected chi connectivity index (χ4v) is 2.93. The minimum absolute atomic E-state index is 0.0769. The maximum atomic E-state index is 12.6. The molecule has 10 heteroatoms. The molecule has 1 amide bonds. The molecule has 1 aromatic carbocycles. The van der Waals surface area contributed by atoms with Crippen LogP contribution in [-0.4, -0.2) is 43.2 Å². The first-order chi connectivity index (χ1) is 14.4. The number of carbonyl (C=O) groups is 3. The number of carbonyl (C=O) groups excluding carboxylic acids is 2. The van der Waals surface area contributed by atoms with E-state index < -0.39 is 23.4 Å². The lowest BCUT2D eigenvalue weighted by Gasteiger charge is -2.20. The topological polar surface area (TPSA) is 149 Å². The quantitative estimate of drug-likeness (QED) is 0.527. The number of hydrogen-bond acceptors (Lipinski definition) is 7. The minimum Gasteiger partial charge on any atom is -0.477 e. The average Bonchev–Trinajstić information content (AvgIpc) is 3.03. The highest BCUT2D eigenvalue weighted by atomic mass is 16.6. The molecule has 0 bridgehead atoms. The predicted octanol–water partition coefficient (Wildman–Crippen LogP) is 2.20. The van der Waals surface area contributed by atoms with Gasteiger partial charge in [-0.1, -0.05) is 12.1 Å². The van der Waals surface area contributed by atoms with Crippen molar-refractivity contribution in [1.82, 2.24) is 19.9 Å². The van der Waals surface area contributed by atoms with Gasteiger partial charge < -0.3 is 20.9 Å². The number of nitrogens with two attached hydrogens (primary N) is 1. The summed E-state index contributed by atoms with van der Waals surface area (Å²) in [5.41, 5.74) is 6.76. The van der Waals surface area contributed by atoms with E-state index in [1.807, 2.05) is 0 Å². The number of amides is 1. The van der Waals surface area contributed by atoms with Gasteiger partial charge in [0.15, 0.2) is 11.3 Å². The molecule has 2 heterocycles. The molecule has 0 fully saturated rings. The van der Waals surface area contributed by atoms with Gasteiger partial charge >= 0.3 is 11.9 Å². The highest BCUT2D eigenvalue weighted by molar-refractivity contribution is 5.96. The zero-order valence-corrected chi connectivity index (χ0v) is 17.6. The summed E-state index contributed by atoms with van der Waals surface area (Å²) in [5, 5.41) is 15.9. The molecule has 4 N–H and O–H groups in total. The Balaban J connectivity index is 1.76. The van der Waals surface area contributed by atoms with Crippen LogP contribution in [0.4, 0.5) is 5.82 Å². The maximum Gasteiger partial charge on any atom is 0.354 e. The number of rotatable bonds is 5. The zero-order valence-electron chi connectivity index (χ0n) is 17.6. The predicted molar refractivity (Wildman–Crippen MR) is 112 cm³/mol. The number of esters is 1. The molecule has 162 valence electrons. The molecule has 0 saturated heterocycles. The Kier molecular flexibility index (Phi) is 5.65. The Morgan fingerprint density at radius 3 is 2.52 bits per heavy atom. The normalized spacial score (nSPS) is 11.4. The monoisotopic (exact) mass is 425 g/mol. The number of carboxylic acid groups (broad SMARTS) is 1. The summed E-state index contributed by atoms with van der Waals surface area (Å²) in [5.74, 6) is -2.15. The van der Waals surface area contributed by atoms with E-state index in [0.29, 0.717) is 11.1 Å². The van der Waals surface area contributed by atoms with Crippen molar-refractivity contribution in [2.24, 2.45) is 0 Å². The van der Waals surface area contributed by atoms with Crippen LogP contribution < -0.4 is 11.1 Å². The molecule has 0 spiro atoms. The average molecular weight is 425 g/mol. The summed E-state index contributed by atoms with van der Waals surface area (Å²) < 4.78 is 6.45. The van der Waals surface area contributed by atoms with Crippen LogP contribution in [0.1, 0.15) is 63.2 Å². The number of aromatic carboxylic acids is 1. The molecule has 3 aromatic rings. The number of carboxylic acids is 1. The van der Waals surface area contributed by atoms with Gasteiger partial charge in [0.2, 0.25) is 0 Å². The van der Waals surface area contributed by atoms with Crippen molar-refractivity contribution in [3.63, 3.8) is 0 Å². The molecule has 10 nitrogen and oxygen atoms in total. The number of nitrogens with one attached hydrogen (secondary N) is 1. The number of aryl methyl sites for hydroxylation is 1. The van der Waals surface area contributed by atoms with E-state index in [1.54, 1.807) is 45.9 Å². The second kappa shape index (κ2) is 8.05. The molecular formula is C21H23N5O5. The Morgan fingerprint density at radius 1 is 1.19 bits per heavy atom. The Bertz CT molecular complexity index is 1190. The van der Waals surface area contributed by atoms with Gasteiger partial charge in [0.05, 0.1) is 5.56 Å². The van der Waals surface area contributed by atoms with Gasteiger partial charge in [-0.15, -0.1) is 5.10 Å². The molecule has 0 saturated carbocycles. The van der Waals surface area contributed by atoms with Gasteiger partial charge in [0.1, 0.15) is 17.1 Å². The van der Waals surface area contributed by atoms with Crippen molar-refractivity contribution < 1.29 is 24.2 Å². The molecule has 0 atom stereocenters. The third kappa shape index (κ3) is 4.97. The molecule has 0 radical (unpaired) electrons.